The van der Waals surface area contributed by atoms with E-state index in [4.69, 9.17) is 5.11 Å². The second-order valence-corrected chi connectivity index (χ2v) is 4.84. The van der Waals surface area contributed by atoms with Crippen LogP contribution in [0.4, 0.5) is 5.69 Å². The van der Waals surface area contributed by atoms with Gasteiger partial charge in [-0.2, -0.15) is 0 Å². The normalized spacial score (nSPS) is 14.9. The fraction of sp³-hybridized carbons (Fsp3) is 0.357. The van der Waals surface area contributed by atoms with E-state index in [2.05, 4.69) is 23.1 Å². The van der Waals surface area contributed by atoms with Crippen LogP contribution in [0.25, 0.3) is 5.57 Å². The molecule has 1 aromatic carbocycles. The average Bonchev–Trinajstić information content (AvgIpc) is 2.36. The summed E-state index contributed by atoms with van der Waals surface area (Å²) in [6, 6.07) is 6.17. The highest BCUT2D eigenvalue weighted by Crippen LogP contribution is 2.32. The molecule has 1 aromatic rings. The van der Waals surface area contributed by atoms with Gasteiger partial charge in [0.05, 0.1) is 13.1 Å². The van der Waals surface area contributed by atoms with Gasteiger partial charge >= 0.3 is 5.97 Å². The fourth-order valence-electron chi connectivity index (χ4n) is 2.33. The van der Waals surface area contributed by atoms with Crippen molar-refractivity contribution in [3.05, 3.63) is 35.5 Å². The minimum absolute atomic E-state index is 0.0502. The maximum absolute atomic E-state index is 11.0. The van der Waals surface area contributed by atoms with Crippen molar-refractivity contribution in [1.29, 1.82) is 0 Å². The van der Waals surface area contributed by atoms with Crippen LogP contribution in [0.1, 0.15) is 17.5 Å². The topological polar surface area (TPSA) is 43.8 Å². The van der Waals surface area contributed by atoms with Crippen LogP contribution in [0.15, 0.2) is 24.4 Å². The average molecular weight is 246 g/mol. The zero-order chi connectivity index (χ0) is 13.3. The molecule has 96 valence electrons. The molecule has 0 unspecified atom stereocenters. The van der Waals surface area contributed by atoms with E-state index >= 15 is 0 Å². The van der Waals surface area contributed by atoms with E-state index in [1.54, 1.807) is 0 Å². The van der Waals surface area contributed by atoms with Crippen LogP contribution in [0.2, 0.25) is 0 Å². The van der Waals surface area contributed by atoms with Gasteiger partial charge in [0.25, 0.3) is 0 Å². The summed E-state index contributed by atoms with van der Waals surface area (Å²) < 4.78 is 0. The van der Waals surface area contributed by atoms with Crippen molar-refractivity contribution in [1.82, 2.24) is 4.90 Å². The largest absolute Gasteiger partial charge is 0.481 e. The van der Waals surface area contributed by atoms with Gasteiger partial charge in [-0.1, -0.05) is 11.6 Å². The SMILES string of the molecule is Cc1ccc2c(c1)C(CC(=O)O)=CN(C)CN2C. The van der Waals surface area contributed by atoms with Gasteiger partial charge in [-0.05, 0) is 24.6 Å². The number of aryl methyl sites for hydroxylation is 1. The van der Waals surface area contributed by atoms with E-state index in [-0.39, 0.29) is 6.42 Å². The Morgan fingerprint density at radius 2 is 2.11 bits per heavy atom. The number of nitrogens with zero attached hydrogens (tertiary/aromatic N) is 2. The van der Waals surface area contributed by atoms with Gasteiger partial charge < -0.3 is 14.9 Å². The maximum atomic E-state index is 11.0. The van der Waals surface area contributed by atoms with E-state index < -0.39 is 5.97 Å². The van der Waals surface area contributed by atoms with Crippen LogP contribution in [-0.2, 0) is 4.79 Å². The molecule has 0 spiro atoms. The zero-order valence-electron chi connectivity index (χ0n) is 11.0. The number of carboxylic acid groups (broad SMARTS) is 1. The predicted molar refractivity (Wildman–Crippen MR) is 72.4 cm³/mol. The molecule has 0 amide bonds. The molecule has 0 radical (unpaired) electrons. The molecule has 0 saturated heterocycles. The van der Waals surface area contributed by atoms with Gasteiger partial charge in [0.1, 0.15) is 0 Å². The number of aliphatic carboxylic acids is 1. The van der Waals surface area contributed by atoms with Crippen LogP contribution < -0.4 is 4.90 Å². The fourth-order valence-corrected chi connectivity index (χ4v) is 2.33. The Balaban J connectivity index is 2.53. The minimum atomic E-state index is -0.799. The molecule has 2 rings (SSSR count). The van der Waals surface area contributed by atoms with E-state index in [0.717, 1.165) is 29.1 Å². The van der Waals surface area contributed by atoms with Crippen molar-refractivity contribution in [2.75, 3.05) is 25.7 Å². The monoisotopic (exact) mass is 246 g/mol. The van der Waals surface area contributed by atoms with Gasteiger partial charge in [-0.25, -0.2) is 0 Å². The summed E-state index contributed by atoms with van der Waals surface area (Å²) in [5.74, 6) is -0.799. The molecule has 0 fully saturated rings. The highest BCUT2D eigenvalue weighted by molar-refractivity contribution is 5.88. The van der Waals surface area contributed by atoms with Crippen LogP contribution in [0.5, 0.6) is 0 Å². The zero-order valence-corrected chi connectivity index (χ0v) is 11.0. The summed E-state index contributed by atoms with van der Waals surface area (Å²) in [5, 5.41) is 9.03. The molecule has 0 saturated carbocycles. The van der Waals surface area contributed by atoms with Gasteiger partial charge in [0.15, 0.2) is 0 Å². The van der Waals surface area contributed by atoms with E-state index in [1.807, 2.05) is 32.1 Å². The number of rotatable bonds is 2. The first-order chi connectivity index (χ1) is 8.47. The number of carboxylic acids is 1. The molecular formula is C14H18N2O2. The number of hydrogen-bond acceptors (Lipinski definition) is 3. The van der Waals surface area contributed by atoms with Crippen LogP contribution >= 0.6 is 0 Å². The summed E-state index contributed by atoms with van der Waals surface area (Å²) in [6.07, 6.45) is 1.98. The molecule has 0 bridgehead atoms. The van der Waals surface area contributed by atoms with Gasteiger partial charge in [0, 0.05) is 31.5 Å². The van der Waals surface area contributed by atoms with E-state index in [9.17, 15) is 4.79 Å². The summed E-state index contributed by atoms with van der Waals surface area (Å²) in [7, 11) is 3.97. The number of carbonyl (C=O) groups is 1. The van der Waals surface area contributed by atoms with Crippen molar-refractivity contribution in [2.45, 2.75) is 13.3 Å². The molecule has 1 N–H and O–H groups in total. The van der Waals surface area contributed by atoms with Crippen molar-refractivity contribution in [3.8, 4) is 0 Å². The summed E-state index contributed by atoms with van der Waals surface area (Å²) in [4.78, 5) is 15.1. The Hall–Kier alpha value is -1.97. The molecule has 1 aliphatic heterocycles. The predicted octanol–water partition coefficient (Wildman–Crippen LogP) is 2.15. The standard InChI is InChI=1S/C14H18N2O2/c1-10-4-5-13-12(6-10)11(7-14(17)18)8-15(2)9-16(13)3/h4-6,8H,7,9H2,1-3H3,(H,17,18). The summed E-state index contributed by atoms with van der Waals surface area (Å²) >= 11 is 0. The molecule has 18 heavy (non-hydrogen) atoms. The molecule has 4 heteroatoms. The number of benzene rings is 1. The third-order valence-corrected chi connectivity index (χ3v) is 3.06. The first-order valence-corrected chi connectivity index (χ1v) is 5.92. The van der Waals surface area contributed by atoms with E-state index in [1.165, 1.54) is 0 Å². The van der Waals surface area contributed by atoms with Crippen LogP contribution in [0.3, 0.4) is 0 Å². The molecule has 4 nitrogen and oxygen atoms in total. The Morgan fingerprint density at radius 1 is 1.39 bits per heavy atom. The van der Waals surface area contributed by atoms with E-state index in [0.29, 0.717) is 0 Å². The Labute approximate surface area is 107 Å². The van der Waals surface area contributed by atoms with Crippen molar-refractivity contribution in [2.24, 2.45) is 0 Å². The Bertz CT molecular complexity index is 509. The Morgan fingerprint density at radius 3 is 2.78 bits per heavy atom. The lowest BCUT2D eigenvalue weighted by Crippen LogP contribution is -2.28. The highest BCUT2D eigenvalue weighted by atomic mass is 16.4. The lowest BCUT2D eigenvalue weighted by molar-refractivity contribution is -0.135. The van der Waals surface area contributed by atoms with Crippen molar-refractivity contribution < 1.29 is 9.90 Å². The van der Waals surface area contributed by atoms with Crippen molar-refractivity contribution in [3.63, 3.8) is 0 Å². The molecule has 0 aromatic heterocycles. The smallest absolute Gasteiger partial charge is 0.307 e. The van der Waals surface area contributed by atoms with Gasteiger partial charge in [-0.3, -0.25) is 4.79 Å². The quantitative estimate of drug-likeness (QED) is 0.868. The molecule has 0 atom stereocenters. The third-order valence-electron chi connectivity index (χ3n) is 3.06. The van der Waals surface area contributed by atoms with Crippen LogP contribution in [0, 0.1) is 6.92 Å². The Kier molecular flexibility index (Phi) is 3.28. The van der Waals surface area contributed by atoms with Gasteiger partial charge in [-0.15, -0.1) is 0 Å². The van der Waals surface area contributed by atoms with Crippen molar-refractivity contribution >= 4 is 17.2 Å². The highest BCUT2D eigenvalue weighted by Gasteiger charge is 2.18. The third kappa shape index (κ3) is 2.47. The van der Waals surface area contributed by atoms with Gasteiger partial charge in [0.2, 0.25) is 0 Å². The maximum Gasteiger partial charge on any atom is 0.307 e. The van der Waals surface area contributed by atoms with Crippen LogP contribution in [-0.4, -0.2) is 36.7 Å². The molecular weight excluding hydrogens is 228 g/mol. The molecule has 0 aliphatic carbocycles. The minimum Gasteiger partial charge on any atom is -0.481 e. The lowest BCUT2D eigenvalue weighted by atomic mass is 9.99. The first-order valence-electron chi connectivity index (χ1n) is 5.92. The number of hydrogen-bond donors (Lipinski definition) is 1. The first kappa shape index (κ1) is 12.5. The summed E-state index contributed by atoms with van der Waals surface area (Å²) in [6.45, 7) is 2.77. The second kappa shape index (κ2) is 4.72. The summed E-state index contributed by atoms with van der Waals surface area (Å²) in [5.41, 5.74) is 4.10. The lowest BCUT2D eigenvalue weighted by Gasteiger charge is -2.23. The number of fused-ring (bicyclic) bond motifs is 1. The second-order valence-electron chi connectivity index (χ2n) is 4.84. The molecule has 1 aliphatic rings. The molecule has 1 heterocycles. The number of anilines is 1.